The van der Waals surface area contributed by atoms with Crippen molar-refractivity contribution in [3.63, 3.8) is 0 Å². The largest absolute Gasteiger partial charge is 0.457 e. The Balaban J connectivity index is 1.43. The van der Waals surface area contributed by atoms with Crippen molar-refractivity contribution in [2.24, 2.45) is 0 Å². The number of nitrogens with two attached hydrogens (primary N) is 1. The zero-order valence-electron chi connectivity index (χ0n) is 25.0. The molecule has 11 nitrogen and oxygen atoms in total. The highest BCUT2D eigenvalue weighted by molar-refractivity contribution is 5.99. The summed E-state index contributed by atoms with van der Waals surface area (Å²) < 4.78 is 28.1. The van der Waals surface area contributed by atoms with Gasteiger partial charge in [-0.2, -0.15) is 10.4 Å². The Kier molecular flexibility index (Phi) is 9.18. The van der Waals surface area contributed by atoms with Gasteiger partial charge in [-0.05, 0) is 57.0 Å². The fourth-order valence-corrected chi connectivity index (χ4v) is 5.35. The molecule has 1 aliphatic rings. The molecule has 1 fully saturated rings. The summed E-state index contributed by atoms with van der Waals surface area (Å²) in [6.45, 7) is 5.65. The van der Waals surface area contributed by atoms with Crippen LogP contribution in [0.3, 0.4) is 0 Å². The summed E-state index contributed by atoms with van der Waals surface area (Å²) in [7, 11) is 1.61. The van der Waals surface area contributed by atoms with Crippen LogP contribution in [0.2, 0.25) is 0 Å². The van der Waals surface area contributed by atoms with Gasteiger partial charge in [0, 0.05) is 43.9 Å². The number of nitrogens with one attached hydrogen (secondary N) is 1. The Labute approximate surface area is 255 Å². The molecular weight excluding hydrogens is 563 g/mol. The van der Waals surface area contributed by atoms with Crippen LogP contribution in [-0.4, -0.2) is 69.4 Å². The maximum Gasteiger partial charge on any atom is 0.264 e. The van der Waals surface area contributed by atoms with Gasteiger partial charge in [-0.3, -0.25) is 4.79 Å². The highest BCUT2D eigenvalue weighted by Gasteiger charge is 2.31. The molecule has 12 heteroatoms. The van der Waals surface area contributed by atoms with Crippen LogP contribution in [0, 0.1) is 17.1 Å². The van der Waals surface area contributed by atoms with Crippen LogP contribution in [-0.2, 0) is 9.53 Å². The summed E-state index contributed by atoms with van der Waals surface area (Å²) in [6, 6.07) is 15.5. The Morgan fingerprint density at radius 1 is 1.23 bits per heavy atom. The van der Waals surface area contributed by atoms with E-state index in [0.717, 1.165) is 0 Å². The van der Waals surface area contributed by atoms with Crippen molar-refractivity contribution in [3.8, 4) is 28.8 Å². The molecule has 44 heavy (non-hydrogen) atoms. The number of hydrogen-bond acceptors (Lipinski definition) is 9. The third-order valence-corrected chi connectivity index (χ3v) is 7.47. The van der Waals surface area contributed by atoms with Gasteiger partial charge in [0.2, 0.25) is 0 Å². The second-order valence-corrected chi connectivity index (χ2v) is 11.2. The van der Waals surface area contributed by atoms with Crippen molar-refractivity contribution < 1.29 is 18.7 Å². The predicted molar refractivity (Wildman–Crippen MR) is 164 cm³/mol. The molecule has 0 saturated carbocycles. The number of anilines is 1. The van der Waals surface area contributed by atoms with E-state index >= 15 is 4.39 Å². The number of carbonyl (C=O) groups is 1. The minimum absolute atomic E-state index is 0.0537. The van der Waals surface area contributed by atoms with Gasteiger partial charge < -0.3 is 25.4 Å². The van der Waals surface area contributed by atoms with Crippen molar-refractivity contribution in [1.82, 2.24) is 30.0 Å². The molecule has 0 bridgehead atoms. The first-order valence-electron chi connectivity index (χ1n) is 14.4. The molecule has 3 heterocycles. The lowest BCUT2D eigenvalue weighted by molar-refractivity contribution is -0.128. The average Bonchev–Trinajstić information content (AvgIpc) is 3.41. The SMILES string of the molecule is COCCNC(C)(C)C=C(C#N)C(=O)N1CCC[C@@H](n2nc(-c3ccc(Oc4ccccc4)cc3F)c3c(N)ncnc32)C1. The van der Waals surface area contributed by atoms with E-state index in [9.17, 15) is 10.1 Å². The third-order valence-electron chi connectivity index (χ3n) is 7.47. The second-order valence-electron chi connectivity index (χ2n) is 11.2. The van der Waals surface area contributed by atoms with Crippen LogP contribution >= 0.6 is 0 Å². The van der Waals surface area contributed by atoms with Crippen LogP contribution < -0.4 is 15.8 Å². The quantitative estimate of drug-likeness (QED) is 0.152. The molecule has 228 valence electrons. The lowest BCUT2D eigenvalue weighted by atomic mass is 9.99. The molecule has 3 N–H and O–H groups in total. The molecule has 1 atom stereocenters. The number of nitriles is 1. The minimum Gasteiger partial charge on any atom is -0.457 e. The molecular formula is C32H35FN8O3. The number of fused-ring (bicyclic) bond motifs is 1. The number of amides is 1. The van der Waals surface area contributed by atoms with E-state index in [4.69, 9.17) is 20.3 Å². The van der Waals surface area contributed by atoms with E-state index in [1.807, 2.05) is 32.0 Å². The zero-order valence-corrected chi connectivity index (χ0v) is 25.0. The molecule has 0 spiro atoms. The summed E-state index contributed by atoms with van der Waals surface area (Å²) >= 11 is 0. The summed E-state index contributed by atoms with van der Waals surface area (Å²) in [5.74, 6) is 0.194. The van der Waals surface area contributed by atoms with E-state index in [-0.39, 0.29) is 28.9 Å². The highest BCUT2D eigenvalue weighted by atomic mass is 19.1. The number of methoxy groups -OCH3 is 1. The lowest BCUT2D eigenvalue weighted by Gasteiger charge is -2.33. The van der Waals surface area contributed by atoms with Crippen molar-refractivity contribution in [1.29, 1.82) is 5.26 Å². The predicted octanol–water partition coefficient (Wildman–Crippen LogP) is 4.63. The van der Waals surface area contributed by atoms with E-state index in [1.165, 1.54) is 12.4 Å². The normalized spacial score (nSPS) is 15.8. The van der Waals surface area contributed by atoms with Gasteiger partial charge in [0.25, 0.3) is 5.91 Å². The standard InChI is InChI=1S/C32H35FN8O3/c1-32(2,38-13-15-43-3)17-21(18-34)31(42)40-14-7-8-22(19-40)41-30-27(29(35)36-20-37-30)28(39-41)25-12-11-24(16-26(25)33)44-23-9-5-4-6-10-23/h4-6,9-12,16-17,20,22,38H,7-8,13-15,19H2,1-3H3,(H2,35,36,37)/t22-/m1/s1. The first-order chi connectivity index (χ1) is 21.2. The van der Waals surface area contributed by atoms with Gasteiger partial charge in [0.1, 0.15) is 46.8 Å². The number of nitrogen functional groups attached to an aromatic ring is 1. The van der Waals surface area contributed by atoms with Gasteiger partial charge in [-0.15, -0.1) is 0 Å². The van der Waals surface area contributed by atoms with E-state index in [1.54, 1.807) is 47.0 Å². The fourth-order valence-electron chi connectivity index (χ4n) is 5.35. The number of benzene rings is 2. The van der Waals surface area contributed by atoms with Crippen LogP contribution in [0.15, 0.2) is 66.5 Å². The molecule has 0 radical (unpaired) electrons. The van der Waals surface area contributed by atoms with Crippen molar-refractivity contribution in [3.05, 3.63) is 72.3 Å². The molecule has 5 rings (SSSR count). The summed E-state index contributed by atoms with van der Waals surface area (Å²) in [6.07, 6.45) is 4.37. The molecule has 0 aliphatic carbocycles. The van der Waals surface area contributed by atoms with Gasteiger partial charge in [-0.1, -0.05) is 18.2 Å². The van der Waals surface area contributed by atoms with E-state index in [0.29, 0.717) is 67.3 Å². The number of aromatic nitrogens is 4. The summed E-state index contributed by atoms with van der Waals surface area (Å²) in [5.41, 5.74) is 6.70. The van der Waals surface area contributed by atoms with E-state index in [2.05, 4.69) is 21.4 Å². The zero-order chi connectivity index (χ0) is 31.3. The summed E-state index contributed by atoms with van der Waals surface area (Å²) in [4.78, 5) is 23.8. The van der Waals surface area contributed by atoms with Crippen LogP contribution in [0.5, 0.6) is 11.5 Å². The van der Waals surface area contributed by atoms with Crippen LogP contribution in [0.1, 0.15) is 32.7 Å². The van der Waals surface area contributed by atoms with Crippen molar-refractivity contribution in [2.45, 2.75) is 38.3 Å². The van der Waals surface area contributed by atoms with Crippen LogP contribution in [0.4, 0.5) is 10.2 Å². The fraction of sp³-hybridized carbons (Fsp3) is 0.344. The Morgan fingerprint density at radius 3 is 2.75 bits per heavy atom. The third kappa shape index (κ3) is 6.69. The molecule has 1 amide bonds. The maximum absolute atomic E-state index is 15.6. The molecule has 0 unspecified atom stereocenters. The topological polar surface area (TPSA) is 144 Å². The average molecular weight is 599 g/mol. The number of piperidine rings is 1. The minimum atomic E-state index is -0.596. The van der Waals surface area contributed by atoms with Crippen LogP contribution in [0.25, 0.3) is 22.3 Å². The molecule has 1 aliphatic heterocycles. The maximum atomic E-state index is 15.6. The number of likely N-dealkylation sites (tertiary alicyclic amines) is 1. The second kappa shape index (κ2) is 13.2. The van der Waals surface area contributed by atoms with Gasteiger partial charge in [-0.25, -0.2) is 19.0 Å². The number of nitrogens with zero attached hydrogens (tertiary/aromatic N) is 6. The number of carbonyl (C=O) groups excluding carboxylic acids is 1. The van der Waals surface area contributed by atoms with Gasteiger partial charge in [0.05, 0.1) is 18.0 Å². The van der Waals surface area contributed by atoms with Crippen molar-refractivity contribution in [2.75, 3.05) is 39.1 Å². The molecule has 2 aromatic heterocycles. The van der Waals surface area contributed by atoms with Crippen molar-refractivity contribution >= 4 is 22.8 Å². The summed E-state index contributed by atoms with van der Waals surface area (Å²) in [5, 5.41) is 18.4. The van der Waals surface area contributed by atoms with Gasteiger partial charge >= 0.3 is 0 Å². The first kappa shape index (κ1) is 30.6. The highest BCUT2D eigenvalue weighted by Crippen LogP contribution is 2.36. The Bertz CT molecular complexity index is 1710. The number of para-hydroxylation sites is 1. The molecule has 4 aromatic rings. The van der Waals surface area contributed by atoms with Gasteiger partial charge in [0.15, 0.2) is 5.65 Å². The number of ether oxygens (including phenoxy) is 2. The number of hydrogen-bond donors (Lipinski definition) is 2. The smallest absolute Gasteiger partial charge is 0.264 e. The first-order valence-corrected chi connectivity index (χ1v) is 14.4. The van der Waals surface area contributed by atoms with E-state index < -0.39 is 11.4 Å². The molecule has 2 aromatic carbocycles. The lowest BCUT2D eigenvalue weighted by Crippen LogP contribution is -2.43. The monoisotopic (exact) mass is 598 g/mol. The number of rotatable bonds is 10. The molecule has 1 saturated heterocycles. The Hall–Kier alpha value is -4.86. The Morgan fingerprint density at radius 2 is 2.02 bits per heavy atom. The number of halogens is 1.